The molecule has 6 heteroatoms. The van der Waals surface area contributed by atoms with Crippen LogP contribution in [0.15, 0.2) is 85.0 Å². The number of rotatable bonds is 3. The smallest absolute Gasteiger partial charge is 0.274 e. The molecule has 0 bridgehead atoms. The highest BCUT2D eigenvalue weighted by atomic mass is 79.9. The standard InChI is InChI=1S/C23H19BrN2O3/c24-17-7-1-6-16(13-17)23(27)26-22(20-10-4-12-29-20)19-9-2-5-15(21(19)25-26)14-18-8-3-11-28-18/h1,3-4,6-8,10-14,19,22H,2,5,9H2/b15-14+/t19-,22+/m1/s1. The summed E-state index contributed by atoms with van der Waals surface area (Å²) in [6.45, 7) is 0. The van der Waals surface area contributed by atoms with E-state index in [1.165, 1.54) is 0 Å². The quantitative estimate of drug-likeness (QED) is 0.486. The zero-order valence-electron chi connectivity index (χ0n) is 15.6. The Hall–Kier alpha value is -2.86. The number of furan rings is 2. The summed E-state index contributed by atoms with van der Waals surface area (Å²) in [4.78, 5) is 13.4. The third-order valence-corrected chi connectivity index (χ3v) is 5.97. The zero-order valence-corrected chi connectivity index (χ0v) is 17.2. The van der Waals surface area contributed by atoms with E-state index >= 15 is 0 Å². The Morgan fingerprint density at radius 1 is 1.14 bits per heavy atom. The van der Waals surface area contributed by atoms with Gasteiger partial charge in [0.15, 0.2) is 0 Å². The summed E-state index contributed by atoms with van der Waals surface area (Å²) in [5, 5.41) is 6.43. The molecule has 0 N–H and O–H groups in total. The lowest BCUT2D eigenvalue weighted by molar-refractivity contribution is 0.0656. The Labute approximate surface area is 176 Å². The summed E-state index contributed by atoms with van der Waals surface area (Å²) < 4.78 is 12.1. The van der Waals surface area contributed by atoms with Crippen LogP contribution in [0.3, 0.4) is 0 Å². The number of nitrogens with zero attached hydrogens (tertiary/aromatic N) is 2. The van der Waals surface area contributed by atoms with Gasteiger partial charge in [0.2, 0.25) is 0 Å². The van der Waals surface area contributed by atoms with Crippen LogP contribution in [0.4, 0.5) is 0 Å². The number of hydrogen-bond acceptors (Lipinski definition) is 4. The van der Waals surface area contributed by atoms with E-state index in [-0.39, 0.29) is 17.9 Å². The number of hydrogen-bond donors (Lipinski definition) is 0. The van der Waals surface area contributed by atoms with Crippen LogP contribution >= 0.6 is 15.9 Å². The zero-order chi connectivity index (χ0) is 19.8. The number of carbonyl (C=O) groups excluding carboxylic acids is 1. The molecule has 1 amide bonds. The minimum atomic E-state index is -0.244. The molecule has 0 saturated heterocycles. The second-order valence-electron chi connectivity index (χ2n) is 7.29. The number of carbonyl (C=O) groups is 1. The molecule has 1 aromatic carbocycles. The van der Waals surface area contributed by atoms with Gasteiger partial charge >= 0.3 is 0 Å². The van der Waals surface area contributed by atoms with Crippen molar-refractivity contribution in [3.8, 4) is 0 Å². The summed E-state index contributed by atoms with van der Waals surface area (Å²) in [6.07, 6.45) is 8.26. The number of allylic oxidation sites excluding steroid dienone is 1. The number of amides is 1. The Morgan fingerprint density at radius 3 is 2.76 bits per heavy atom. The first kappa shape index (κ1) is 18.2. The van der Waals surface area contributed by atoms with Gasteiger partial charge in [0.1, 0.15) is 17.6 Å². The molecule has 29 heavy (non-hydrogen) atoms. The van der Waals surface area contributed by atoms with Crippen LogP contribution < -0.4 is 0 Å². The van der Waals surface area contributed by atoms with Crippen LogP contribution in [0.2, 0.25) is 0 Å². The van der Waals surface area contributed by atoms with Crippen molar-refractivity contribution in [2.45, 2.75) is 25.3 Å². The van der Waals surface area contributed by atoms with E-state index in [0.29, 0.717) is 5.56 Å². The van der Waals surface area contributed by atoms with E-state index < -0.39 is 0 Å². The fourth-order valence-electron chi connectivity index (χ4n) is 4.20. The molecule has 1 fully saturated rings. The molecule has 2 aromatic heterocycles. The van der Waals surface area contributed by atoms with Gasteiger partial charge in [0, 0.05) is 16.0 Å². The third kappa shape index (κ3) is 3.38. The maximum atomic E-state index is 13.4. The highest BCUT2D eigenvalue weighted by Crippen LogP contribution is 2.45. The summed E-state index contributed by atoms with van der Waals surface area (Å²) in [5.41, 5.74) is 2.67. The molecule has 5 rings (SSSR count). The van der Waals surface area contributed by atoms with E-state index in [9.17, 15) is 4.79 Å². The fraction of sp³-hybridized carbons (Fsp3) is 0.217. The molecule has 0 radical (unpaired) electrons. The number of hydrazone groups is 1. The van der Waals surface area contributed by atoms with Gasteiger partial charge in [-0.1, -0.05) is 22.0 Å². The monoisotopic (exact) mass is 450 g/mol. The second kappa shape index (κ2) is 7.52. The maximum absolute atomic E-state index is 13.4. The molecule has 2 aliphatic rings. The van der Waals surface area contributed by atoms with Gasteiger partial charge in [-0.05, 0) is 73.4 Å². The molecule has 1 saturated carbocycles. The largest absolute Gasteiger partial charge is 0.467 e. The third-order valence-electron chi connectivity index (χ3n) is 5.48. The molecular formula is C23H19BrN2O3. The molecule has 1 aliphatic carbocycles. The van der Waals surface area contributed by atoms with Crippen molar-refractivity contribution in [1.29, 1.82) is 0 Å². The predicted molar refractivity (Wildman–Crippen MR) is 113 cm³/mol. The summed E-state index contributed by atoms with van der Waals surface area (Å²) >= 11 is 3.45. The van der Waals surface area contributed by atoms with Crippen molar-refractivity contribution in [3.05, 3.63) is 88.2 Å². The van der Waals surface area contributed by atoms with Gasteiger partial charge in [-0.25, -0.2) is 5.01 Å². The normalized spacial score (nSPS) is 22.6. The van der Waals surface area contributed by atoms with Crippen molar-refractivity contribution in [1.82, 2.24) is 5.01 Å². The molecule has 3 aromatic rings. The van der Waals surface area contributed by atoms with E-state index in [1.807, 2.05) is 54.6 Å². The number of fused-ring (bicyclic) bond motifs is 1. The van der Waals surface area contributed by atoms with Crippen LogP contribution in [0, 0.1) is 5.92 Å². The van der Waals surface area contributed by atoms with Crippen LogP contribution in [0.25, 0.3) is 6.08 Å². The van der Waals surface area contributed by atoms with E-state index in [4.69, 9.17) is 13.9 Å². The first-order chi connectivity index (χ1) is 14.2. The summed E-state index contributed by atoms with van der Waals surface area (Å²) in [6, 6.07) is 14.7. The molecule has 5 nitrogen and oxygen atoms in total. The lowest BCUT2D eigenvalue weighted by Gasteiger charge is -2.27. The Bertz CT molecular complexity index is 1080. The van der Waals surface area contributed by atoms with Crippen LogP contribution in [-0.2, 0) is 0 Å². The van der Waals surface area contributed by atoms with Crippen LogP contribution in [0.1, 0.15) is 47.2 Å². The van der Waals surface area contributed by atoms with Crippen molar-refractivity contribution < 1.29 is 13.6 Å². The average molecular weight is 451 g/mol. The lowest BCUT2D eigenvalue weighted by atomic mass is 9.79. The molecule has 2 atom stereocenters. The highest BCUT2D eigenvalue weighted by Gasteiger charge is 2.45. The predicted octanol–water partition coefficient (Wildman–Crippen LogP) is 6.07. The van der Waals surface area contributed by atoms with Gasteiger partial charge in [0.05, 0.1) is 18.2 Å². The Kier molecular flexibility index (Phi) is 4.72. The van der Waals surface area contributed by atoms with E-state index in [1.54, 1.807) is 17.5 Å². The van der Waals surface area contributed by atoms with E-state index in [2.05, 4.69) is 15.9 Å². The summed E-state index contributed by atoms with van der Waals surface area (Å²) in [7, 11) is 0. The highest BCUT2D eigenvalue weighted by molar-refractivity contribution is 9.10. The van der Waals surface area contributed by atoms with Gasteiger partial charge < -0.3 is 8.83 Å². The van der Waals surface area contributed by atoms with Gasteiger partial charge in [0.25, 0.3) is 5.91 Å². The molecule has 0 spiro atoms. The molecule has 3 heterocycles. The molecular weight excluding hydrogens is 432 g/mol. The number of benzene rings is 1. The topological polar surface area (TPSA) is 59.0 Å². The Balaban J connectivity index is 1.57. The first-order valence-electron chi connectivity index (χ1n) is 9.66. The Morgan fingerprint density at radius 2 is 2.00 bits per heavy atom. The van der Waals surface area contributed by atoms with Crippen LogP contribution in [0.5, 0.6) is 0 Å². The fourth-order valence-corrected chi connectivity index (χ4v) is 4.60. The van der Waals surface area contributed by atoms with Crippen molar-refractivity contribution in [2.24, 2.45) is 11.0 Å². The van der Waals surface area contributed by atoms with Gasteiger partial charge in [-0.2, -0.15) is 5.10 Å². The maximum Gasteiger partial charge on any atom is 0.274 e. The molecule has 146 valence electrons. The van der Waals surface area contributed by atoms with Crippen LogP contribution in [-0.4, -0.2) is 16.6 Å². The minimum Gasteiger partial charge on any atom is -0.467 e. The molecule has 0 unspecified atom stereocenters. The van der Waals surface area contributed by atoms with Crippen molar-refractivity contribution in [2.75, 3.05) is 0 Å². The molecule has 1 aliphatic heterocycles. The average Bonchev–Trinajstić information content (AvgIpc) is 3.48. The summed E-state index contributed by atoms with van der Waals surface area (Å²) in [5.74, 6) is 1.53. The van der Waals surface area contributed by atoms with E-state index in [0.717, 1.165) is 46.5 Å². The van der Waals surface area contributed by atoms with Crippen molar-refractivity contribution in [3.63, 3.8) is 0 Å². The van der Waals surface area contributed by atoms with Gasteiger partial charge in [-0.15, -0.1) is 0 Å². The van der Waals surface area contributed by atoms with Gasteiger partial charge in [-0.3, -0.25) is 4.79 Å². The first-order valence-corrected chi connectivity index (χ1v) is 10.5. The second-order valence-corrected chi connectivity index (χ2v) is 8.20. The van der Waals surface area contributed by atoms with Crippen molar-refractivity contribution >= 4 is 33.6 Å². The lowest BCUT2D eigenvalue weighted by Crippen LogP contribution is -2.31. The minimum absolute atomic E-state index is 0.104. The number of halogens is 1. The SMILES string of the molecule is O=C(c1cccc(Br)c1)N1N=C2/C(=C/c3ccco3)CCC[C@H]2[C@H]1c1ccco1.